The molecule has 0 fully saturated rings. The Balaban J connectivity index is 2.88. The zero-order valence-corrected chi connectivity index (χ0v) is 8.30. The second kappa shape index (κ2) is 2.90. The number of fused-ring (bicyclic) bond motifs is 1. The molecule has 0 atom stereocenters. The fraction of sp³-hybridized carbons (Fsp3) is 0. The first kappa shape index (κ1) is 7.81. The summed E-state index contributed by atoms with van der Waals surface area (Å²) in [4.78, 5) is 4.31. The Morgan fingerprint density at radius 3 is 3.00 bits per heavy atom. The summed E-state index contributed by atoms with van der Waals surface area (Å²) in [6.07, 6.45) is 1.88. The normalized spacial score (nSPS) is 10.4. The van der Waals surface area contributed by atoms with Crippen molar-refractivity contribution in [3.63, 3.8) is 0 Å². The van der Waals surface area contributed by atoms with Gasteiger partial charge in [0.1, 0.15) is 7.85 Å². The van der Waals surface area contributed by atoms with Crippen molar-refractivity contribution in [2.45, 2.75) is 0 Å². The Labute approximate surface area is 80.4 Å². The Hall–Kier alpha value is -0.825. The second-order valence-electron chi connectivity index (χ2n) is 2.82. The van der Waals surface area contributed by atoms with Crippen LogP contribution in [0.15, 0.2) is 34.9 Å². The van der Waals surface area contributed by atoms with E-state index in [0.29, 0.717) is 0 Å². The van der Waals surface area contributed by atoms with Gasteiger partial charge in [-0.05, 0) is 12.1 Å². The van der Waals surface area contributed by atoms with Crippen molar-refractivity contribution in [2.75, 3.05) is 0 Å². The van der Waals surface area contributed by atoms with Gasteiger partial charge >= 0.3 is 0 Å². The van der Waals surface area contributed by atoms with Crippen LogP contribution in [-0.4, -0.2) is 12.8 Å². The van der Waals surface area contributed by atoms with Gasteiger partial charge in [-0.1, -0.05) is 33.5 Å². The number of pyridine rings is 1. The molecule has 0 amide bonds. The molecule has 1 nitrogen and oxygen atoms in total. The minimum absolute atomic E-state index is 1.04. The van der Waals surface area contributed by atoms with E-state index in [0.717, 1.165) is 9.99 Å². The molecule has 0 N–H and O–H groups in total. The van der Waals surface area contributed by atoms with Gasteiger partial charge in [-0.2, -0.15) is 0 Å². The van der Waals surface area contributed by atoms with Crippen LogP contribution in [0.2, 0.25) is 0 Å². The molecule has 58 valence electrons. The van der Waals surface area contributed by atoms with Gasteiger partial charge in [-0.3, -0.25) is 4.98 Å². The lowest BCUT2D eigenvalue weighted by atomic mass is 9.97. The fourth-order valence-electron chi connectivity index (χ4n) is 1.22. The Kier molecular flexibility index (Phi) is 1.89. The molecule has 0 aliphatic carbocycles. The average molecular weight is 220 g/mol. The maximum Gasteiger partial charge on any atom is 0.141 e. The van der Waals surface area contributed by atoms with Gasteiger partial charge in [0.05, 0.1) is 5.52 Å². The smallest absolute Gasteiger partial charge is 0.141 e. The van der Waals surface area contributed by atoms with E-state index in [9.17, 15) is 0 Å². The van der Waals surface area contributed by atoms with Gasteiger partial charge < -0.3 is 0 Å². The zero-order valence-electron chi connectivity index (χ0n) is 6.71. The van der Waals surface area contributed by atoms with Crippen molar-refractivity contribution < 1.29 is 0 Å². The number of hydrogen-bond donors (Lipinski definition) is 0. The van der Waals surface area contributed by atoms with Crippen LogP contribution in [0.5, 0.6) is 0 Å². The van der Waals surface area contributed by atoms with Crippen LogP contribution in [-0.2, 0) is 0 Å². The summed E-state index contributed by atoms with van der Waals surface area (Å²) >= 11 is 3.49. The molecule has 2 rings (SSSR count). The predicted molar refractivity (Wildman–Crippen MR) is 57.6 cm³/mol. The first-order valence-corrected chi connectivity index (χ1v) is 4.57. The molecule has 0 aliphatic heterocycles. The van der Waals surface area contributed by atoms with Crippen LogP contribution in [0, 0.1) is 0 Å². The van der Waals surface area contributed by atoms with Crippen molar-refractivity contribution in [1.29, 1.82) is 0 Å². The molecule has 2 aromatic rings. The van der Waals surface area contributed by atoms with Crippen molar-refractivity contribution >= 4 is 40.1 Å². The molecule has 0 bridgehead atoms. The first-order valence-electron chi connectivity index (χ1n) is 3.78. The summed E-state index contributed by atoms with van der Waals surface area (Å²) in [6, 6.07) is 8.17. The largest absolute Gasteiger partial charge is 0.257 e. The summed E-state index contributed by atoms with van der Waals surface area (Å²) in [5.41, 5.74) is 2.23. The van der Waals surface area contributed by atoms with Crippen molar-refractivity contribution in [2.24, 2.45) is 0 Å². The van der Waals surface area contributed by atoms with Crippen LogP contribution in [0.25, 0.3) is 10.9 Å². The van der Waals surface area contributed by atoms with Crippen LogP contribution in [0.1, 0.15) is 0 Å². The summed E-state index contributed by atoms with van der Waals surface area (Å²) in [5, 5.41) is 1.18. The van der Waals surface area contributed by atoms with Crippen molar-refractivity contribution in [1.82, 2.24) is 4.98 Å². The molecule has 0 unspecified atom stereocenters. The highest BCUT2D eigenvalue weighted by Gasteiger charge is 1.97. The zero-order chi connectivity index (χ0) is 8.55. The maximum absolute atomic E-state index is 4.31. The SMILES string of the molecule is Bc1cnc2cccc(Br)c2c1. The average Bonchev–Trinajstić information content (AvgIpc) is 2.07. The highest BCUT2D eigenvalue weighted by Crippen LogP contribution is 2.20. The number of aromatic nitrogens is 1. The van der Waals surface area contributed by atoms with E-state index in [1.807, 2.05) is 32.2 Å². The monoisotopic (exact) mass is 219 g/mol. The Bertz CT molecular complexity index is 428. The van der Waals surface area contributed by atoms with Crippen LogP contribution >= 0.6 is 15.9 Å². The van der Waals surface area contributed by atoms with Gasteiger partial charge in [0, 0.05) is 16.1 Å². The molecule has 0 spiro atoms. The molecule has 1 aromatic heterocycles. The van der Waals surface area contributed by atoms with E-state index in [4.69, 9.17) is 0 Å². The topological polar surface area (TPSA) is 12.9 Å². The molecular formula is C9H7BBrN. The van der Waals surface area contributed by atoms with Crippen LogP contribution in [0.3, 0.4) is 0 Å². The molecule has 3 heteroatoms. The molecule has 0 saturated carbocycles. The highest BCUT2D eigenvalue weighted by atomic mass is 79.9. The van der Waals surface area contributed by atoms with E-state index in [2.05, 4.69) is 27.0 Å². The van der Waals surface area contributed by atoms with Gasteiger partial charge in [0.15, 0.2) is 0 Å². The lowest BCUT2D eigenvalue weighted by Gasteiger charge is -1.99. The van der Waals surface area contributed by atoms with Crippen molar-refractivity contribution in [3.05, 3.63) is 34.9 Å². The minimum Gasteiger partial charge on any atom is -0.257 e. The Morgan fingerprint density at radius 2 is 2.17 bits per heavy atom. The summed E-state index contributed by atoms with van der Waals surface area (Å²) < 4.78 is 1.11. The van der Waals surface area contributed by atoms with Crippen molar-refractivity contribution in [3.8, 4) is 0 Å². The quantitative estimate of drug-likeness (QED) is 0.609. The highest BCUT2D eigenvalue weighted by molar-refractivity contribution is 9.10. The molecule has 1 heterocycles. The van der Waals surface area contributed by atoms with Gasteiger partial charge in [0.2, 0.25) is 0 Å². The summed E-state index contributed by atoms with van der Waals surface area (Å²) in [7, 11) is 2.05. The molecule has 0 aliphatic rings. The summed E-state index contributed by atoms with van der Waals surface area (Å²) in [6.45, 7) is 0. The van der Waals surface area contributed by atoms with Gasteiger partial charge in [-0.15, -0.1) is 0 Å². The lowest BCUT2D eigenvalue weighted by Crippen LogP contribution is -2.02. The van der Waals surface area contributed by atoms with E-state index in [-0.39, 0.29) is 0 Å². The van der Waals surface area contributed by atoms with E-state index in [1.165, 1.54) is 10.8 Å². The molecule has 12 heavy (non-hydrogen) atoms. The number of rotatable bonds is 0. The number of hydrogen-bond acceptors (Lipinski definition) is 1. The number of nitrogens with zero attached hydrogens (tertiary/aromatic N) is 1. The molecular weight excluding hydrogens is 213 g/mol. The fourth-order valence-corrected chi connectivity index (χ4v) is 1.69. The molecule has 0 saturated heterocycles. The third-order valence-corrected chi connectivity index (χ3v) is 2.50. The number of benzene rings is 1. The number of halogens is 1. The standard InChI is InChI=1S/C9H7BBrN/c10-6-4-7-8(11)2-1-3-9(7)12-5-6/h1-5H,10H2. The third kappa shape index (κ3) is 1.25. The third-order valence-electron chi connectivity index (χ3n) is 1.81. The lowest BCUT2D eigenvalue weighted by molar-refractivity contribution is 1.43. The van der Waals surface area contributed by atoms with E-state index in [1.54, 1.807) is 0 Å². The first-order chi connectivity index (χ1) is 5.77. The van der Waals surface area contributed by atoms with Gasteiger partial charge in [-0.25, -0.2) is 0 Å². The minimum atomic E-state index is 1.04. The Morgan fingerprint density at radius 1 is 1.33 bits per heavy atom. The molecule has 0 radical (unpaired) electrons. The molecule has 1 aromatic carbocycles. The van der Waals surface area contributed by atoms with E-state index >= 15 is 0 Å². The summed E-state index contributed by atoms with van der Waals surface area (Å²) in [5.74, 6) is 0. The van der Waals surface area contributed by atoms with Crippen LogP contribution < -0.4 is 5.46 Å². The van der Waals surface area contributed by atoms with E-state index < -0.39 is 0 Å². The van der Waals surface area contributed by atoms with Gasteiger partial charge in [0.25, 0.3) is 0 Å². The predicted octanol–water partition coefficient (Wildman–Crippen LogP) is 1.26. The van der Waals surface area contributed by atoms with Crippen LogP contribution in [0.4, 0.5) is 0 Å². The second-order valence-corrected chi connectivity index (χ2v) is 3.67. The maximum atomic E-state index is 4.31.